The predicted molar refractivity (Wildman–Crippen MR) is 155 cm³/mol. The lowest BCUT2D eigenvalue weighted by Crippen LogP contribution is -2.29. The fourth-order valence-electron chi connectivity index (χ4n) is 5.08. The van der Waals surface area contributed by atoms with E-state index < -0.39 is 12.1 Å². The van der Waals surface area contributed by atoms with E-state index in [0.29, 0.717) is 58.7 Å². The van der Waals surface area contributed by atoms with Crippen molar-refractivity contribution < 1.29 is 28.2 Å². The molecular formula is C30H31N5O6S. The van der Waals surface area contributed by atoms with Gasteiger partial charge in [-0.25, -0.2) is 9.78 Å². The molecule has 12 heteroatoms. The molecule has 1 aliphatic heterocycles. The van der Waals surface area contributed by atoms with Crippen molar-refractivity contribution >= 4 is 34.0 Å². The fourth-order valence-corrected chi connectivity index (χ4v) is 5.78. The van der Waals surface area contributed by atoms with Crippen LogP contribution in [0.15, 0.2) is 52.3 Å². The number of hydrogen-bond acceptors (Lipinski definition) is 11. The van der Waals surface area contributed by atoms with Gasteiger partial charge in [-0.05, 0) is 44.0 Å². The minimum absolute atomic E-state index is 0.0671. The number of anilines is 2. The third kappa shape index (κ3) is 6.23. The summed E-state index contributed by atoms with van der Waals surface area (Å²) in [5, 5.41) is 13.8. The number of nitrogens with one attached hydrogen (secondary N) is 1. The molecule has 2 aliphatic rings. The minimum Gasteiger partial charge on any atom is -0.480 e. The molecular weight excluding hydrogens is 558 g/mol. The highest BCUT2D eigenvalue weighted by molar-refractivity contribution is 7.14. The SMILES string of the molecule is CCOC(=O)c1csc(Nc2cc(Oc3ccc(-c4nnc(C5CCCC5)o4)cc3)cc(OC3CCN(C)C3=O)c2)n1. The number of esters is 1. The van der Waals surface area contributed by atoms with Gasteiger partial charge < -0.3 is 28.8 Å². The van der Waals surface area contributed by atoms with E-state index in [1.54, 1.807) is 42.5 Å². The van der Waals surface area contributed by atoms with Gasteiger partial charge in [0.05, 0.1) is 6.61 Å². The van der Waals surface area contributed by atoms with E-state index in [-0.39, 0.29) is 18.2 Å². The molecule has 1 unspecified atom stereocenters. The quantitative estimate of drug-likeness (QED) is 0.214. The fraction of sp³-hybridized carbons (Fsp3) is 0.367. The summed E-state index contributed by atoms with van der Waals surface area (Å²) in [6.45, 7) is 2.65. The van der Waals surface area contributed by atoms with Crippen LogP contribution in [0.2, 0.25) is 0 Å². The summed E-state index contributed by atoms with van der Waals surface area (Å²) in [6.07, 6.45) is 4.60. The lowest BCUT2D eigenvalue weighted by atomic mass is 10.1. The Morgan fingerprint density at radius 2 is 1.86 bits per heavy atom. The van der Waals surface area contributed by atoms with Gasteiger partial charge in [0, 0.05) is 60.8 Å². The molecule has 6 rings (SSSR count). The Morgan fingerprint density at radius 3 is 2.60 bits per heavy atom. The molecule has 11 nitrogen and oxygen atoms in total. The Morgan fingerprint density at radius 1 is 1.07 bits per heavy atom. The van der Waals surface area contributed by atoms with Crippen LogP contribution in [0.25, 0.3) is 11.5 Å². The molecule has 3 heterocycles. The smallest absolute Gasteiger partial charge is 0.357 e. The molecule has 1 saturated carbocycles. The number of benzene rings is 2. The van der Waals surface area contributed by atoms with Gasteiger partial charge in [-0.2, -0.15) is 0 Å². The number of carbonyl (C=O) groups is 2. The zero-order chi connectivity index (χ0) is 29.1. The van der Waals surface area contributed by atoms with Crippen molar-refractivity contribution in [3.05, 3.63) is 59.4 Å². The van der Waals surface area contributed by atoms with Crippen LogP contribution < -0.4 is 14.8 Å². The zero-order valence-electron chi connectivity index (χ0n) is 23.4. The lowest BCUT2D eigenvalue weighted by Gasteiger charge is -2.16. The van der Waals surface area contributed by atoms with E-state index in [9.17, 15) is 9.59 Å². The summed E-state index contributed by atoms with van der Waals surface area (Å²) in [5.74, 6) is 2.55. The van der Waals surface area contributed by atoms with Crippen LogP contribution in [0.4, 0.5) is 10.8 Å². The summed E-state index contributed by atoms with van der Waals surface area (Å²) in [5.41, 5.74) is 1.65. The van der Waals surface area contributed by atoms with Gasteiger partial charge >= 0.3 is 5.97 Å². The second-order valence-corrected chi connectivity index (χ2v) is 11.1. The normalized spacial score (nSPS) is 17.0. The minimum atomic E-state index is -0.573. The maximum Gasteiger partial charge on any atom is 0.357 e. The average Bonchev–Trinajstić information content (AvgIpc) is 3.80. The molecule has 1 saturated heterocycles. The van der Waals surface area contributed by atoms with Crippen molar-refractivity contribution in [1.82, 2.24) is 20.1 Å². The van der Waals surface area contributed by atoms with Gasteiger partial charge in [-0.1, -0.05) is 12.8 Å². The molecule has 1 atom stereocenters. The standard InChI is InChI=1S/C30H31N5O6S/c1-3-38-29(37)24-17-42-30(32-24)31-20-14-22(16-23(15-20)40-25-12-13-35(2)28(25)36)39-21-10-8-19(9-11-21)27-34-33-26(41-27)18-6-4-5-7-18/h8-11,14-18,25H,3-7,12-13H2,1-2H3,(H,31,32). The van der Waals surface area contributed by atoms with Crippen molar-refractivity contribution in [3.8, 4) is 28.7 Å². The van der Waals surface area contributed by atoms with Crippen LogP contribution in [0.3, 0.4) is 0 Å². The lowest BCUT2D eigenvalue weighted by molar-refractivity contribution is -0.132. The summed E-state index contributed by atoms with van der Waals surface area (Å²) < 4.78 is 23.3. The maximum absolute atomic E-state index is 12.5. The van der Waals surface area contributed by atoms with Gasteiger partial charge in [0.2, 0.25) is 11.8 Å². The number of likely N-dealkylation sites (N-methyl/N-ethyl adjacent to an activating group) is 1. The molecule has 4 aromatic rings. The number of rotatable bonds is 10. The van der Waals surface area contributed by atoms with Crippen molar-refractivity contribution in [2.45, 2.75) is 51.0 Å². The number of ether oxygens (including phenoxy) is 3. The second-order valence-electron chi connectivity index (χ2n) is 10.3. The largest absolute Gasteiger partial charge is 0.480 e. The van der Waals surface area contributed by atoms with E-state index in [0.717, 1.165) is 18.4 Å². The van der Waals surface area contributed by atoms with Crippen molar-refractivity contribution in [1.29, 1.82) is 0 Å². The number of aromatic nitrogens is 3. The van der Waals surface area contributed by atoms with Gasteiger partial charge in [0.1, 0.15) is 17.2 Å². The predicted octanol–water partition coefficient (Wildman–Crippen LogP) is 6.17. The van der Waals surface area contributed by atoms with Crippen LogP contribution in [0.1, 0.15) is 61.3 Å². The monoisotopic (exact) mass is 589 g/mol. The van der Waals surface area contributed by atoms with Crippen molar-refractivity contribution in [2.75, 3.05) is 25.5 Å². The van der Waals surface area contributed by atoms with E-state index >= 15 is 0 Å². The van der Waals surface area contributed by atoms with Gasteiger partial charge in [0.15, 0.2) is 16.9 Å². The molecule has 1 aliphatic carbocycles. The molecule has 0 spiro atoms. The van der Waals surface area contributed by atoms with Crippen molar-refractivity contribution in [2.24, 2.45) is 0 Å². The molecule has 1 N–H and O–H groups in total. The molecule has 0 bridgehead atoms. The van der Waals surface area contributed by atoms with E-state index in [1.165, 1.54) is 24.2 Å². The van der Waals surface area contributed by atoms with Crippen molar-refractivity contribution in [3.63, 3.8) is 0 Å². The maximum atomic E-state index is 12.5. The molecule has 1 amide bonds. The number of likely N-dealkylation sites (tertiary alicyclic amines) is 1. The highest BCUT2D eigenvalue weighted by atomic mass is 32.1. The van der Waals surface area contributed by atoms with Crippen LogP contribution >= 0.6 is 11.3 Å². The Kier molecular flexibility index (Phi) is 8.04. The number of hydrogen-bond donors (Lipinski definition) is 1. The number of carbonyl (C=O) groups excluding carboxylic acids is 2. The first-order chi connectivity index (χ1) is 20.4. The highest BCUT2D eigenvalue weighted by Gasteiger charge is 2.31. The molecule has 218 valence electrons. The van der Waals surface area contributed by atoms with Gasteiger partial charge in [-0.15, -0.1) is 21.5 Å². The van der Waals surface area contributed by atoms with E-state index in [2.05, 4.69) is 20.5 Å². The first-order valence-corrected chi connectivity index (χ1v) is 14.9. The number of nitrogens with zero attached hydrogens (tertiary/aromatic N) is 4. The van der Waals surface area contributed by atoms with E-state index in [4.69, 9.17) is 18.6 Å². The summed E-state index contributed by atoms with van der Waals surface area (Å²) in [6, 6.07) is 12.7. The average molecular weight is 590 g/mol. The topological polar surface area (TPSA) is 129 Å². The Hall–Kier alpha value is -4.45. The Balaban J connectivity index is 1.21. The first kappa shape index (κ1) is 27.7. The van der Waals surface area contributed by atoms with E-state index in [1.807, 2.05) is 24.3 Å². The highest BCUT2D eigenvalue weighted by Crippen LogP contribution is 2.36. The zero-order valence-corrected chi connectivity index (χ0v) is 24.2. The van der Waals surface area contributed by atoms with Gasteiger partial charge in [0.25, 0.3) is 5.91 Å². The van der Waals surface area contributed by atoms with Crippen LogP contribution in [0, 0.1) is 0 Å². The third-order valence-corrected chi connectivity index (χ3v) is 8.02. The van der Waals surface area contributed by atoms with Crippen LogP contribution in [-0.4, -0.2) is 58.3 Å². The third-order valence-electron chi connectivity index (χ3n) is 7.26. The summed E-state index contributed by atoms with van der Waals surface area (Å²) in [7, 11) is 1.76. The molecule has 0 radical (unpaired) electrons. The number of thiazole rings is 1. The molecule has 42 heavy (non-hydrogen) atoms. The molecule has 2 aromatic carbocycles. The van der Waals surface area contributed by atoms with Gasteiger partial charge in [-0.3, -0.25) is 4.79 Å². The summed E-state index contributed by atoms with van der Waals surface area (Å²) >= 11 is 1.27. The molecule has 2 aromatic heterocycles. The second kappa shape index (κ2) is 12.2. The first-order valence-electron chi connectivity index (χ1n) is 14.0. The molecule has 2 fully saturated rings. The van der Waals surface area contributed by atoms with Crippen LogP contribution in [0.5, 0.6) is 17.2 Å². The Labute approximate surface area is 246 Å². The number of amides is 1. The van der Waals surface area contributed by atoms with Crippen LogP contribution in [-0.2, 0) is 9.53 Å². The summed E-state index contributed by atoms with van der Waals surface area (Å²) in [4.78, 5) is 30.5. The Bertz CT molecular complexity index is 1560.